The van der Waals surface area contributed by atoms with Crippen LogP contribution in [0.4, 0.5) is 22.0 Å². The maximum Gasteiger partial charge on any atom is 0.471 e. The number of carbonyl (C=O) groups excluding carboxylic acids is 1. The number of ether oxygens (including phenoxy) is 2. The molecule has 188 valence electrons. The maximum atomic E-state index is 14.1. The van der Waals surface area contributed by atoms with E-state index in [0.717, 1.165) is 12.1 Å². The molecule has 1 N–H and O–H groups in total. The fourth-order valence-corrected chi connectivity index (χ4v) is 3.75. The molecule has 1 heterocycles. The minimum absolute atomic E-state index is 0.106. The summed E-state index contributed by atoms with van der Waals surface area (Å²) in [4.78, 5) is 11.6. The van der Waals surface area contributed by atoms with Crippen LogP contribution in [0.5, 0.6) is 11.5 Å². The summed E-state index contributed by atoms with van der Waals surface area (Å²) in [5, 5.41) is 6.78. The molecular formula is C25H20F5N3O3. The lowest BCUT2D eigenvalue weighted by atomic mass is 10.0. The van der Waals surface area contributed by atoms with Crippen molar-refractivity contribution in [1.29, 1.82) is 0 Å². The molecule has 0 aliphatic rings. The predicted octanol–water partition coefficient (Wildman–Crippen LogP) is 5.50. The number of methoxy groups -OCH3 is 1. The van der Waals surface area contributed by atoms with Crippen molar-refractivity contribution < 1.29 is 36.2 Å². The molecule has 0 aliphatic heterocycles. The van der Waals surface area contributed by atoms with E-state index in [1.165, 1.54) is 38.4 Å². The van der Waals surface area contributed by atoms with E-state index in [4.69, 9.17) is 9.47 Å². The lowest BCUT2D eigenvalue weighted by Crippen LogP contribution is -2.45. The van der Waals surface area contributed by atoms with Crippen molar-refractivity contribution in [2.45, 2.75) is 25.2 Å². The minimum Gasteiger partial charge on any atom is -0.496 e. The predicted molar refractivity (Wildman–Crippen MR) is 121 cm³/mol. The third kappa shape index (κ3) is 5.24. The third-order valence-corrected chi connectivity index (χ3v) is 5.44. The number of alkyl halides is 3. The molecule has 0 aliphatic carbocycles. The first-order chi connectivity index (χ1) is 17.1. The van der Waals surface area contributed by atoms with Crippen LogP contribution in [0.1, 0.15) is 18.6 Å². The molecule has 0 saturated heterocycles. The van der Waals surface area contributed by atoms with E-state index in [1.54, 1.807) is 35.0 Å². The number of halogens is 5. The summed E-state index contributed by atoms with van der Waals surface area (Å²) < 4.78 is 78.8. The molecular weight excluding hydrogens is 485 g/mol. The largest absolute Gasteiger partial charge is 0.496 e. The second kappa shape index (κ2) is 9.84. The van der Waals surface area contributed by atoms with Crippen LogP contribution in [-0.4, -0.2) is 35.0 Å². The number of fused-ring (bicyclic) bond motifs is 1. The zero-order valence-electron chi connectivity index (χ0n) is 19.0. The highest BCUT2D eigenvalue weighted by molar-refractivity contribution is 5.82. The fourth-order valence-electron chi connectivity index (χ4n) is 3.75. The van der Waals surface area contributed by atoms with E-state index in [0.29, 0.717) is 16.6 Å². The summed E-state index contributed by atoms with van der Waals surface area (Å²) in [6.45, 7) is 1.31. The Labute approximate surface area is 202 Å². The Morgan fingerprint density at radius 3 is 2.36 bits per heavy atom. The number of hydrogen-bond donors (Lipinski definition) is 1. The Bertz CT molecular complexity index is 1390. The van der Waals surface area contributed by atoms with Crippen molar-refractivity contribution in [1.82, 2.24) is 15.1 Å². The number of aromatic nitrogens is 2. The Kier molecular flexibility index (Phi) is 6.82. The molecule has 1 aromatic heterocycles. The minimum atomic E-state index is -5.11. The smallest absolute Gasteiger partial charge is 0.471 e. The SMILES string of the molecule is COc1ccc(F)cc1C(Oc1ccc2c(cnn2-c2ccc(F)cc2)c1)C(C)NC(=O)C(F)(F)F. The number of amides is 1. The van der Waals surface area contributed by atoms with E-state index in [2.05, 4.69) is 5.10 Å². The first kappa shape index (κ1) is 25.0. The molecule has 3 aromatic carbocycles. The van der Waals surface area contributed by atoms with Crippen LogP contribution >= 0.6 is 0 Å². The lowest BCUT2D eigenvalue weighted by Gasteiger charge is -2.28. The summed E-state index contributed by atoms with van der Waals surface area (Å²) >= 11 is 0. The topological polar surface area (TPSA) is 65.4 Å². The highest BCUT2D eigenvalue weighted by atomic mass is 19.4. The summed E-state index contributed by atoms with van der Waals surface area (Å²) in [5.74, 6) is -2.82. The van der Waals surface area contributed by atoms with Gasteiger partial charge in [0.1, 0.15) is 29.2 Å². The van der Waals surface area contributed by atoms with Gasteiger partial charge in [0.2, 0.25) is 0 Å². The van der Waals surface area contributed by atoms with Crippen molar-refractivity contribution in [3.63, 3.8) is 0 Å². The van der Waals surface area contributed by atoms with Gasteiger partial charge in [-0.25, -0.2) is 13.5 Å². The van der Waals surface area contributed by atoms with Gasteiger partial charge in [0.05, 0.1) is 30.6 Å². The monoisotopic (exact) mass is 505 g/mol. The van der Waals surface area contributed by atoms with E-state index in [-0.39, 0.29) is 17.1 Å². The zero-order chi connectivity index (χ0) is 26.0. The number of nitrogens with one attached hydrogen (secondary N) is 1. The average Bonchev–Trinajstić information content (AvgIpc) is 3.25. The maximum absolute atomic E-state index is 14.1. The Morgan fingerprint density at radius 1 is 1.00 bits per heavy atom. The third-order valence-electron chi connectivity index (χ3n) is 5.44. The summed E-state index contributed by atoms with van der Waals surface area (Å²) in [6, 6.07) is 12.8. The summed E-state index contributed by atoms with van der Waals surface area (Å²) in [6.07, 6.45) is -4.82. The van der Waals surface area contributed by atoms with Gasteiger partial charge in [0, 0.05) is 10.9 Å². The number of rotatable bonds is 7. The number of hydrogen-bond acceptors (Lipinski definition) is 4. The highest BCUT2D eigenvalue weighted by Crippen LogP contribution is 2.34. The van der Waals surface area contributed by atoms with Crippen LogP contribution in [0.2, 0.25) is 0 Å². The van der Waals surface area contributed by atoms with Crippen molar-refractivity contribution in [3.8, 4) is 17.2 Å². The van der Waals surface area contributed by atoms with Gasteiger partial charge in [-0.1, -0.05) is 0 Å². The first-order valence-electron chi connectivity index (χ1n) is 10.7. The molecule has 4 rings (SSSR count). The van der Waals surface area contributed by atoms with Gasteiger partial charge in [0.25, 0.3) is 0 Å². The first-order valence-corrected chi connectivity index (χ1v) is 10.7. The normalized spacial score (nSPS) is 13.3. The summed E-state index contributed by atoms with van der Waals surface area (Å²) in [7, 11) is 1.32. The van der Waals surface area contributed by atoms with Crippen molar-refractivity contribution in [3.05, 3.63) is 84.1 Å². The van der Waals surface area contributed by atoms with Gasteiger partial charge in [-0.2, -0.15) is 18.3 Å². The number of nitrogens with zero attached hydrogens (tertiary/aromatic N) is 2. The second-order valence-electron chi connectivity index (χ2n) is 7.94. The van der Waals surface area contributed by atoms with E-state index in [1.807, 2.05) is 5.32 Å². The van der Waals surface area contributed by atoms with Gasteiger partial charge in [-0.3, -0.25) is 4.79 Å². The van der Waals surface area contributed by atoms with Crippen LogP contribution in [0.25, 0.3) is 16.6 Å². The molecule has 0 saturated carbocycles. The quantitative estimate of drug-likeness (QED) is 0.337. The Morgan fingerprint density at radius 2 is 1.69 bits per heavy atom. The molecule has 36 heavy (non-hydrogen) atoms. The van der Waals surface area contributed by atoms with Crippen molar-refractivity contribution in [2.24, 2.45) is 0 Å². The van der Waals surface area contributed by atoms with Crippen LogP contribution in [0.3, 0.4) is 0 Å². The standard InChI is InChI=1S/C25H20F5N3O3/c1-14(32-24(34)25(28,29)30)23(20-12-17(27)5-10-22(20)35-2)36-19-8-9-21-15(11-19)13-31-33(21)18-6-3-16(26)4-7-18/h3-14,23H,1-2H3,(H,32,34). The van der Waals surface area contributed by atoms with Gasteiger partial charge in [0.15, 0.2) is 0 Å². The number of carbonyl (C=O) groups is 1. The van der Waals surface area contributed by atoms with Gasteiger partial charge >= 0.3 is 12.1 Å². The Hall–Kier alpha value is -4.15. The van der Waals surface area contributed by atoms with E-state index < -0.39 is 35.9 Å². The van der Waals surface area contributed by atoms with Crippen molar-refractivity contribution >= 4 is 16.8 Å². The summed E-state index contributed by atoms with van der Waals surface area (Å²) in [5.41, 5.74) is 1.38. The van der Waals surface area contributed by atoms with Gasteiger partial charge in [-0.15, -0.1) is 0 Å². The van der Waals surface area contributed by atoms with E-state index >= 15 is 0 Å². The molecule has 0 bridgehead atoms. The van der Waals surface area contributed by atoms with E-state index in [9.17, 15) is 26.7 Å². The molecule has 0 spiro atoms. The molecule has 2 atom stereocenters. The van der Waals surface area contributed by atoms with Crippen LogP contribution in [-0.2, 0) is 4.79 Å². The molecule has 4 aromatic rings. The molecule has 2 unspecified atom stereocenters. The van der Waals surface area contributed by atoms with Gasteiger partial charge in [-0.05, 0) is 67.6 Å². The highest BCUT2D eigenvalue weighted by Gasteiger charge is 2.41. The molecule has 1 amide bonds. The molecule has 6 nitrogen and oxygen atoms in total. The van der Waals surface area contributed by atoms with Gasteiger partial charge < -0.3 is 14.8 Å². The molecule has 11 heteroatoms. The molecule has 0 fully saturated rings. The lowest BCUT2D eigenvalue weighted by molar-refractivity contribution is -0.174. The number of benzene rings is 3. The van der Waals surface area contributed by atoms with Crippen molar-refractivity contribution in [2.75, 3.05) is 7.11 Å². The Balaban J connectivity index is 1.70. The second-order valence-corrected chi connectivity index (χ2v) is 7.94. The average molecular weight is 505 g/mol. The van der Waals surface area contributed by atoms with Crippen LogP contribution < -0.4 is 14.8 Å². The molecule has 0 radical (unpaired) electrons. The zero-order valence-corrected chi connectivity index (χ0v) is 19.0. The van der Waals surface area contributed by atoms with Crippen LogP contribution in [0.15, 0.2) is 66.9 Å². The fraction of sp³-hybridized carbons (Fsp3) is 0.200. The van der Waals surface area contributed by atoms with Crippen LogP contribution in [0, 0.1) is 11.6 Å².